The van der Waals surface area contributed by atoms with E-state index < -0.39 is 15.9 Å². The van der Waals surface area contributed by atoms with E-state index in [0.717, 1.165) is 18.9 Å². The van der Waals surface area contributed by atoms with E-state index in [9.17, 15) is 4.57 Å². The zero-order chi connectivity index (χ0) is 13.4. The Morgan fingerprint density at radius 3 is 2.24 bits per heavy atom. The number of hydrogen-bond donors (Lipinski definition) is 0. The van der Waals surface area contributed by atoms with Crippen molar-refractivity contribution in [1.82, 2.24) is 0 Å². The molecule has 0 aliphatic rings. The highest BCUT2D eigenvalue weighted by atomic mass is 31.2. The van der Waals surface area contributed by atoms with Gasteiger partial charge >= 0.3 is 7.60 Å². The fourth-order valence-corrected chi connectivity index (χ4v) is 3.92. The van der Waals surface area contributed by atoms with Crippen LogP contribution in [0.1, 0.15) is 26.7 Å². The molecular formula is C11H27O4PSi. The lowest BCUT2D eigenvalue weighted by Gasteiger charge is -2.20. The molecule has 0 radical (unpaired) electrons. The lowest BCUT2D eigenvalue weighted by atomic mass is 10.4. The first-order valence-electron chi connectivity index (χ1n) is 6.32. The predicted octanol–water partition coefficient (Wildman–Crippen LogP) is 3.88. The van der Waals surface area contributed by atoms with Crippen LogP contribution in [0.15, 0.2) is 0 Å². The van der Waals surface area contributed by atoms with Gasteiger partial charge in [0.15, 0.2) is 8.32 Å². The Morgan fingerprint density at radius 2 is 1.76 bits per heavy atom. The molecule has 0 fully saturated rings. The van der Waals surface area contributed by atoms with Crippen molar-refractivity contribution < 1.29 is 18.0 Å². The summed E-state index contributed by atoms with van der Waals surface area (Å²) in [5.41, 5.74) is 0. The van der Waals surface area contributed by atoms with Crippen LogP contribution in [0, 0.1) is 0 Å². The lowest BCUT2D eigenvalue weighted by molar-refractivity contribution is 0.210. The molecule has 0 saturated heterocycles. The summed E-state index contributed by atoms with van der Waals surface area (Å²) >= 11 is 0. The number of rotatable bonds is 10. The lowest BCUT2D eigenvalue weighted by Crippen LogP contribution is -2.28. The van der Waals surface area contributed by atoms with Crippen LogP contribution < -0.4 is 0 Å². The van der Waals surface area contributed by atoms with Gasteiger partial charge in [-0.2, -0.15) is 0 Å². The summed E-state index contributed by atoms with van der Waals surface area (Å²) in [5.74, 6) is 0. The Labute approximate surface area is 107 Å². The van der Waals surface area contributed by atoms with E-state index in [4.69, 9.17) is 13.5 Å². The summed E-state index contributed by atoms with van der Waals surface area (Å²) in [7, 11) is -2.48. The Bertz CT molecular complexity index is 246. The van der Waals surface area contributed by atoms with Crippen LogP contribution in [-0.4, -0.2) is 34.8 Å². The van der Waals surface area contributed by atoms with E-state index in [2.05, 4.69) is 13.1 Å². The van der Waals surface area contributed by atoms with Crippen LogP contribution >= 0.6 is 7.60 Å². The minimum atomic E-state index is -2.81. The van der Waals surface area contributed by atoms with Crippen molar-refractivity contribution in [3.63, 3.8) is 0 Å². The molecule has 0 aromatic heterocycles. The van der Waals surface area contributed by atoms with Gasteiger partial charge in [0.05, 0.1) is 13.2 Å². The molecule has 0 heterocycles. The minimum Gasteiger partial charge on any atom is -0.420 e. The van der Waals surface area contributed by atoms with E-state index in [1.807, 2.05) is 13.8 Å². The molecular weight excluding hydrogens is 255 g/mol. The molecule has 4 nitrogen and oxygen atoms in total. The molecule has 0 saturated carbocycles. The quantitative estimate of drug-likeness (QED) is 0.346. The van der Waals surface area contributed by atoms with Crippen LogP contribution in [0.25, 0.3) is 0 Å². The maximum atomic E-state index is 11.9. The second-order valence-electron chi connectivity index (χ2n) is 4.60. The standard InChI is InChI=1S/C11H27O4PSi/c1-6-14-16(12,7-2)15-10-8-9-11-17(4,5)13-3/h6-11H2,1-5H3. The molecule has 0 bridgehead atoms. The highest BCUT2D eigenvalue weighted by Gasteiger charge is 2.22. The molecule has 0 spiro atoms. The van der Waals surface area contributed by atoms with Gasteiger partial charge in [0.1, 0.15) is 0 Å². The second-order valence-corrected chi connectivity index (χ2v) is 11.4. The molecule has 0 aliphatic carbocycles. The first kappa shape index (κ1) is 17.3. The molecule has 0 rings (SSSR count). The van der Waals surface area contributed by atoms with E-state index in [1.54, 1.807) is 7.11 Å². The van der Waals surface area contributed by atoms with Crippen LogP contribution in [0.5, 0.6) is 0 Å². The minimum absolute atomic E-state index is 0.439. The fraction of sp³-hybridized carbons (Fsp3) is 1.00. The van der Waals surface area contributed by atoms with Crippen molar-refractivity contribution in [2.45, 2.75) is 45.8 Å². The maximum absolute atomic E-state index is 11.9. The van der Waals surface area contributed by atoms with Gasteiger partial charge in [-0.3, -0.25) is 4.57 Å². The van der Waals surface area contributed by atoms with Gasteiger partial charge in [0.2, 0.25) is 0 Å². The van der Waals surface area contributed by atoms with Crippen molar-refractivity contribution in [1.29, 1.82) is 0 Å². The van der Waals surface area contributed by atoms with Crippen LogP contribution in [-0.2, 0) is 18.0 Å². The first-order chi connectivity index (χ1) is 7.89. The third kappa shape index (κ3) is 8.11. The summed E-state index contributed by atoms with van der Waals surface area (Å²) in [5, 5.41) is 0. The molecule has 0 aliphatic heterocycles. The Kier molecular flexibility index (Phi) is 8.59. The van der Waals surface area contributed by atoms with Crippen LogP contribution in [0.4, 0.5) is 0 Å². The molecule has 1 unspecified atom stereocenters. The van der Waals surface area contributed by atoms with Gasteiger partial charge in [-0.05, 0) is 32.5 Å². The van der Waals surface area contributed by atoms with Gasteiger partial charge < -0.3 is 13.5 Å². The molecule has 1 atom stereocenters. The summed E-state index contributed by atoms with van der Waals surface area (Å²) in [6, 6.07) is 1.11. The van der Waals surface area contributed by atoms with Crippen molar-refractivity contribution in [2.75, 3.05) is 26.5 Å². The van der Waals surface area contributed by atoms with Crippen molar-refractivity contribution >= 4 is 15.9 Å². The Hall–Kier alpha value is 0.327. The molecule has 17 heavy (non-hydrogen) atoms. The number of unbranched alkanes of at least 4 members (excludes halogenated alkanes) is 1. The normalized spacial score (nSPS) is 15.8. The first-order valence-corrected chi connectivity index (χ1v) is 11.2. The van der Waals surface area contributed by atoms with E-state index >= 15 is 0 Å². The van der Waals surface area contributed by atoms with Crippen molar-refractivity contribution in [3.05, 3.63) is 0 Å². The van der Waals surface area contributed by atoms with Gasteiger partial charge in [-0.1, -0.05) is 13.3 Å². The highest BCUT2D eigenvalue weighted by Crippen LogP contribution is 2.47. The monoisotopic (exact) mass is 282 g/mol. The molecule has 0 aromatic carbocycles. The molecule has 0 aromatic rings. The van der Waals surface area contributed by atoms with Gasteiger partial charge in [-0.25, -0.2) is 0 Å². The fourth-order valence-electron chi connectivity index (χ4n) is 1.38. The maximum Gasteiger partial charge on any atom is 0.330 e. The average Bonchev–Trinajstić information content (AvgIpc) is 2.29. The Morgan fingerprint density at radius 1 is 1.12 bits per heavy atom. The zero-order valence-electron chi connectivity index (χ0n) is 11.8. The molecule has 104 valence electrons. The second kappa shape index (κ2) is 8.43. The largest absolute Gasteiger partial charge is 0.420 e. The molecule has 0 amide bonds. The Balaban J connectivity index is 3.73. The van der Waals surface area contributed by atoms with E-state index in [1.165, 1.54) is 0 Å². The summed E-state index contributed by atoms with van der Waals surface area (Å²) in [6.07, 6.45) is 2.42. The average molecular weight is 282 g/mol. The van der Waals surface area contributed by atoms with Gasteiger partial charge in [0.25, 0.3) is 0 Å². The van der Waals surface area contributed by atoms with Gasteiger partial charge in [0, 0.05) is 13.3 Å². The highest BCUT2D eigenvalue weighted by molar-refractivity contribution is 7.53. The molecule has 0 N–H and O–H groups in total. The van der Waals surface area contributed by atoms with E-state index in [0.29, 0.717) is 19.4 Å². The third-order valence-corrected chi connectivity index (χ3v) is 7.39. The van der Waals surface area contributed by atoms with Crippen LogP contribution in [0.3, 0.4) is 0 Å². The van der Waals surface area contributed by atoms with Crippen molar-refractivity contribution in [2.24, 2.45) is 0 Å². The topological polar surface area (TPSA) is 44.8 Å². The third-order valence-electron chi connectivity index (χ3n) is 2.73. The summed E-state index contributed by atoms with van der Waals surface area (Å²) in [6.45, 7) is 9.01. The molecule has 6 heteroatoms. The number of hydrogen-bond acceptors (Lipinski definition) is 4. The van der Waals surface area contributed by atoms with Crippen molar-refractivity contribution in [3.8, 4) is 0 Å². The van der Waals surface area contributed by atoms with Crippen LogP contribution in [0.2, 0.25) is 19.1 Å². The van der Waals surface area contributed by atoms with Gasteiger partial charge in [-0.15, -0.1) is 0 Å². The van der Waals surface area contributed by atoms with E-state index in [-0.39, 0.29) is 0 Å². The SMILES string of the molecule is CCOP(=O)(CC)OCCCC[Si](C)(C)OC. The smallest absolute Gasteiger partial charge is 0.330 e. The predicted molar refractivity (Wildman–Crippen MR) is 74.3 cm³/mol. The summed E-state index contributed by atoms with van der Waals surface area (Å²) < 4.78 is 27.9. The summed E-state index contributed by atoms with van der Waals surface area (Å²) in [4.78, 5) is 0. The zero-order valence-corrected chi connectivity index (χ0v) is 13.7.